The van der Waals surface area contributed by atoms with E-state index in [9.17, 15) is 9.59 Å². The normalized spacial score (nSPS) is 14.6. The van der Waals surface area contributed by atoms with E-state index in [1.807, 2.05) is 20.8 Å². The molecule has 0 saturated heterocycles. The highest BCUT2D eigenvalue weighted by Crippen LogP contribution is 2.04. The summed E-state index contributed by atoms with van der Waals surface area (Å²) in [6.07, 6.45) is 0.694. The van der Waals surface area contributed by atoms with E-state index in [1.54, 1.807) is 0 Å². The Hall–Kier alpha value is -1.10. The molecule has 5 heteroatoms. The molecule has 2 unspecified atom stereocenters. The van der Waals surface area contributed by atoms with Gasteiger partial charge in [0.1, 0.15) is 0 Å². The minimum atomic E-state index is -0.808. The van der Waals surface area contributed by atoms with Crippen LogP contribution in [0.4, 0.5) is 0 Å². The Morgan fingerprint density at radius 2 is 1.88 bits per heavy atom. The van der Waals surface area contributed by atoms with E-state index in [0.29, 0.717) is 13.0 Å². The number of rotatable bonds is 7. The number of hydrogen-bond donors (Lipinski definition) is 3. The lowest BCUT2D eigenvalue weighted by Crippen LogP contribution is -2.45. The summed E-state index contributed by atoms with van der Waals surface area (Å²) in [4.78, 5) is 21.8. The van der Waals surface area contributed by atoms with Gasteiger partial charge in [0.15, 0.2) is 0 Å². The van der Waals surface area contributed by atoms with Crippen LogP contribution in [0.5, 0.6) is 0 Å². The second kappa shape index (κ2) is 7.22. The van der Waals surface area contributed by atoms with Gasteiger partial charge in [0.25, 0.3) is 0 Å². The third-order valence-corrected chi connectivity index (χ3v) is 2.50. The average Bonchev–Trinajstić information content (AvgIpc) is 2.21. The Kier molecular flexibility index (Phi) is 6.72. The summed E-state index contributed by atoms with van der Waals surface area (Å²) in [5.74, 6) is -0.719. The van der Waals surface area contributed by atoms with E-state index in [-0.39, 0.29) is 24.2 Å². The molecule has 0 spiro atoms. The Balaban J connectivity index is 3.79. The molecule has 0 fully saturated rings. The molecule has 0 aromatic heterocycles. The summed E-state index contributed by atoms with van der Waals surface area (Å²) in [6, 6.07) is -0.494. The van der Waals surface area contributed by atoms with Gasteiger partial charge in [0, 0.05) is 13.0 Å². The molecule has 1 amide bonds. The van der Waals surface area contributed by atoms with Crippen LogP contribution in [-0.4, -0.2) is 29.6 Å². The number of amides is 1. The fourth-order valence-electron chi connectivity index (χ4n) is 1.17. The Morgan fingerprint density at radius 1 is 1.31 bits per heavy atom. The molecule has 0 saturated carbocycles. The zero-order valence-corrected chi connectivity index (χ0v) is 10.2. The van der Waals surface area contributed by atoms with Gasteiger partial charge in [-0.15, -0.1) is 0 Å². The molecule has 94 valence electrons. The summed E-state index contributed by atoms with van der Waals surface area (Å²) >= 11 is 0. The number of hydrogen-bond acceptors (Lipinski definition) is 3. The molecule has 0 aliphatic carbocycles. The fraction of sp³-hybridized carbons (Fsp3) is 0.818. The molecule has 0 rings (SSSR count). The molecule has 0 radical (unpaired) electrons. The van der Waals surface area contributed by atoms with Crippen molar-refractivity contribution in [3.05, 3.63) is 0 Å². The first-order valence-corrected chi connectivity index (χ1v) is 5.59. The quantitative estimate of drug-likeness (QED) is 0.596. The van der Waals surface area contributed by atoms with Crippen LogP contribution in [0.15, 0.2) is 0 Å². The number of carbonyl (C=O) groups is 2. The van der Waals surface area contributed by atoms with Gasteiger partial charge in [-0.05, 0) is 18.3 Å². The summed E-state index contributed by atoms with van der Waals surface area (Å²) in [5.41, 5.74) is 5.66. The first kappa shape index (κ1) is 14.9. The highest BCUT2D eigenvalue weighted by molar-refractivity contribution is 5.81. The number of nitrogens with two attached hydrogens (primary N) is 1. The van der Waals surface area contributed by atoms with Gasteiger partial charge >= 0.3 is 5.97 Å². The van der Waals surface area contributed by atoms with Crippen molar-refractivity contribution in [1.82, 2.24) is 5.32 Å². The van der Waals surface area contributed by atoms with E-state index in [4.69, 9.17) is 10.8 Å². The molecule has 16 heavy (non-hydrogen) atoms. The standard InChI is InChI=1S/C11H22N2O3/c1-7(2)10(12)11(16)13-6-8(3)4-5-9(14)15/h7-8,10H,4-6,12H2,1-3H3,(H,13,16)(H,14,15). The lowest BCUT2D eigenvalue weighted by Gasteiger charge is -2.17. The average molecular weight is 230 g/mol. The summed E-state index contributed by atoms with van der Waals surface area (Å²) in [7, 11) is 0. The smallest absolute Gasteiger partial charge is 0.303 e. The van der Waals surface area contributed by atoms with Crippen LogP contribution in [-0.2, 0) is 9.59 Å². The summed E-state index contributed by atoms with van der Waals surface area (Å²) in [6.45, 7) is 6.16. The van der Waals surface area contributed by atoms with Crippen LogP contribution in [0.2, 0.25) is 0 Å². The van der Waals surface area contributed by atoms with Crippen molar-refractivity contribution in [2.24, 2.45) is 17.6 Å². The number of carboxylic acids is 1. The number of nitrogens with one attached hydrogen (secondary N) is 1. The van der Waals surface area contributed by atoms with E-state index in [1.165, 1.54) is 0 Å². The summed E-state index contributed by atoms with van der Waals surface area (Å²) in [5, 5.41) is 11.2. The zero-order chi connectivity index (χ0) is 12.7. The third kappa shape index (κ3) is 6.40. The largest absolute Gasteiger partial charge is 0.481 e. The maximum Gasteiger partial charge on any atom is 0.303 e. The van der Waals surface area contributed by atoms with Crippen LogP contribution in [0.1, 0.15) is 33.6 Å². The number of aliphatic carboxylic acids is 1. The van der Waals surface area contributed by atoms with Crippen molar-refractivity contribution in [2.75, 3.05) is 6.54 Å². The van der Waals surface area contributed by atoms with Crippen LogP contribution in [0.3, 0.4) is 0 Å². The highest BCUT2D eigenvalue weighted by Gasteiger charge is 2.17. The number of carbonyl (C=O) groups excluding carboxylic acids is 1. The van der Waals surface area contributed by atoms with E-state index < -0.39 is 12.0 Å². The SMILES string of the molecule is CC(CCC(=O)O)CNC(=O)C(N)C(C)C. The van der Waals surface area contributed by atoms with E-state index in [0.717, 1.165) is 0 Å². The maximum atomic E-state index is 11.5. The molecule has 2 atom stereocenters. The van der Waals surface area contributed by atoms with Gasteiger partial charge < -0.3 is 16.2 Å². The predicted molar refractivity (Wildman–Crippen MR) is 61.9 cm³/mol. The van der Waals surface area contributed by atoms with Crippen LogP contribution >= 0.6 is 0 Å². The van der Waals surface area contributed by atoms with Crippen molar-refractivity contribution in [2.45, 2.75) is 39.7 Å². The lowest BCUT2D eigenvalue weighted by atomic mass is 10.0. The van der Waals surface area contributed by atoms with Crippen molar-refractivity contribution in [3.8, 4) is 0 Å². The second-order valence-corrected chi connectivity index (χ2v) is 4.55. The van der Waals surface area contributed by atoms with Gasteiger partial charge in [-0.2, -0.15) is 0 Å². The molecule has 0 aromatic rings. The zero-order valence-electron chi connectivity index (χ0n) is 10.2. The molecule has 0 aliphatic rings. The lowest BCUT2D eigenvalue weighted by molar-refractivity contribution is -0.137. The molecular weight excluding hydrogens is 208 g/mol. The van der Waals surface area contributed by atoms with Crippen LogP contribution in [0.25, 0.3) is 0 Å². The molecule has 0 bridgehead atoms. The Morgan fingerprint density at radius 3 is 2.31 bits per heavy atom. The van der Waals surface area contributed by atoms with Crippen LogP contribution in [0, 0.1) is 11.8 Å². The maximum absolute atomic E-state index is 11.5. The molecular formula is C11H22N2O3. The van der Waals surface area contributed by atoms with Gasteiger partial charge in [-0.1, -0.05) is 20.8 Å². The topological polar surface area (TPSA) is 92.4 Å². The molecule has 5 nitrogen and oxygen atoms in total. The second-order valence-electron chi connectivity index (χ2n) is 4.55. The van der Waals surface area contributed by atoms with E-state index >= 15 is 0 Å². The van der Waals surface area contributed by atoms with Crippen molar-refractivity contribution < 1.29 is 14.7 Å². The minimum Gasteiger partial charge on any atom is -0.481 e. The van der Waals surface area contributed by atoms with Crippen molar-refractivity contribution in [3.63, 3.8) is 0 Å². The first-order valence-electron chi connectivity index (χ1n) is 5.59. The molecule has 0 aromatic carbocycles. The minimum absolute atomic E-state index is 0.106. The number of carboxylic acid groups (broad SMARTS) is 1. The van der Waals surface area contributed by atoms with Crippen molar-refractivity contribution >= 4 is 11.9 Å². The molecule has 4 N–H and O–H groups in total. The fourth-order valence-corrected chi connectivity index (χ4v) is 1.17. The van der Waals surface area contributed by atoms with Gasteiger partial charge in [0.2, 0.25) is 5.91 Å². The van der Waals surface area contributed by atoms with Gasteiger partial charge in [0.05, 0.1) is 6.04 Å². The Labute approximate surface area is 96.4 Å². The molecule has 0 aliphatic heterocycles. The van der Waals surface area contributed by atoms with Gasteiger partial charge in [-0.3, -0.25) is 9.59 Å². The van der Waals surface area contributed by atoms with Crippen molar-refractivity contribution in [1.29, 1.82) is 0 Å². The Bertz CT molecular complexity index is 241. The summed E-state index contributed by atoms with van der Waals surface area (Å²) < 4.78 is 0. The predicted octanol–water partition coefficient (Wildman–Crippen LogP) is 0.587. The monoisotopic (exact) mass is 230 g/mol. The van der Waals surface area contributed by atoms with Crippen LogP contribution < -0.4 is 11.1 Å². The highest BCUT2D eigenvalue weighted by atomic mass is 16.4. The first-order chi connectivity index (χ1) is 7.34. The van der Waals surface area contributed by atoms with Gasteiger partial charge in [-0.25, -0.2) is 0 Å². The molecule has 0 heterocycles. The third-order valence-electron chi connectivity index (χ3n) is 2.50. The van der Waals surface area contributed by atoms with E-state index in [2.05, 4.69) is 5.32 Å².